The van der Waals surface area contributed by atoms with Crippen molar-refractivity contribution in [2.45, 2.75) is 38.6 Å². The van der Waals surface area contributed by atoms with Gasteiger partial charge in [-0.25, -0.2) is 9.97 Å². The quantitative estimate of drug-likeness (QED) is 0.444. The fourth-order valence-corrected chi connectivity index (χ4v) is 5.46. The van der Waals surface area contributed by atoms with Gasteiger partial charge in [-0.1, -0.05) is 23.7 Å². The molecule has 1 saturated heterocycles. The van der Waals surface area contributed by atoms with E-state index < -0.39 is 0 Å². The molecule has 6 rings (SSSR count). The lowest BCUT2D eigenvalue weighted by Crippen LogP contribution is -2.37. The number of likely N-dealkylation sites (tertiary alicyclic amines) is 1. The second-order valence-corrected chi connectivity index (χ2v) is 9.88. The van der Waals surface area contributed by atoms with Crippen LogP contribution in [0.4, 0.5) is 11.6 Å². The highest BCUT2D eigenvalue weighted by atomic mass is 35.5. The van der Waals surface area contributed by atoms with Crippen LogP contribution in [0.15, 0.2) is 42.9 Å². The fourth-order valence-electron chi connectivity index (χ4n) is 5.27. The van der Waals surface area contributed by atoms with Crippen LogP contribution in [-0.2, 0) is 24.7 Å². The first-order valence-corrected chi connectivity index (χ1v) is 12.6. The van der Waals surface area contributed by atoms with Gasteiger partial charge in [0.15, 0.2) is 0 Å². The van der Waals surface area contributed by atoms with E-state index in [1.165, 1.54) is 0 Å². The van der Waals surface area contributed by atoms with Gasteiger partial charge in [-0.2, -0.15) is 10.2 Å². The molecule has 1 amide bonds. The summed E-state index contributed by atoms with van der Waals surface area (Å²) in [4.78, 5) is 23.0. The van der Waals surface area contributed by atoms with Crippen LogP contribution in [0.5, 0.6) is 0 Å². The number of benzene rings is 1. The van der Waals surface area contributed by atoms with Crippen LogP contribution >= 0.6 is 11.6 Å². The summed E-state index contributed by atoms with van der Waals surface area (Å²) in [6.45, 7) is 3.15. The van der Waals surface area contributed by atoms with Crippen molar-refractivity contribution in [3.8, 4) is 22.5 Å². The Labute approximate surface area is 214 Å². The van der Waals surface area contributed by atoms with Gasteiger partial charge in [0, 0.05) is 55.6 Å². The Kier molecular flexibility index (Phi) is 5.72. The van der Waals surface area contributed by atoms with Gasteiger partial charge in [-0.15, -0.1) is 0 Å². The number of carbonyl (C=O) groups is 1. The van der Waals surface area contributed by atoms with Gasteiger partial charge in [-0.3, -0.25) is 14.2 Å². The molecular weight excluding hydrogens is 476 g/mol. The zero-order valence-corrected chi connectivity index (χ0v) is 21.0. The maximum absolute atomic E-state index is 11.6. The molecule has 10 heteroatoms. The summed E-state index contributed by atoms with van der Waals surface area (Å²) in [5, 5.41) is 13.4. The number of hydrogen-bond acceptors (Lipinski definition) is 6. The third-order valence-electron chi connectivity index (χ3n) is 7.09. The predicted molar refractivity (Wildman–Crippen MR) is 138 cm³/mol. The highest BCUT2D eigenvalue weighted by molar-refractivity contribution is 6.30. The second kappa shape index (κ2) is 9.05. The first-order chi connectivity index (χ1) is 17.5. The van der Waals surface area contributed by atoms with Crippen LogP contribution in [-0.4, -0.2) is 53.4 Å². The molecule has 0 bridgehead atoms. The molecule has 0 atom stereocenters. The smallest absolute Gasteiger partial charge is 0.227 e. The van der Waals surface area contributed by atoms with Crippen molar-refractivity contribution in [3.05, 3.63) is 59.1 Å². The van der Waals surface area contributed by atoms with Crippen LogP contribution in [0.25, 0.3) is 22.5 Å². The molecule has 1 aliphatic carbocycles. The van der Waals surface area contributed by atoms with Crippen molar-refractivity contribution in [2.75, 3.05) is 18.4 Å². The summed E-state index contributed by atoms with van der Waals surface area (Å²) in [7, 11) is 1.96. The molecule has 2 aliphatic rings. The summed E-state index contributed by atoms with van der Waals surface area (Å²) in [5.41, 5.74) is 6.94. The van der Waals surface area contributed by atoms with E-state index in [0.717, 1.165) is 78.2 Å². The van der Waals surface area contributed by atoms with Crippen LogP contribution in [0.1, 0.15) is 37.1 Å². The highest BCUT2D eigenvalue weighted by Gasteiger charge is 2.27. The van der Waals surface area contributed by atoms with Gasteiger partial charge in [-0.05, 0) is 43.4 Å². The Hall–Kier alpha value is -3.72. The standard InChI is InChI=1S/C26H27ClN8O/c1-16(36)34-10-8-21(9-11-34)35-15-20(14-29-35)30-26-28-13-18-6-7-22-23(24(18)31-26)25(33(2)32-22)17-4-3-5-19(27)12-17/h3-5,12-15,21H,6-11H2,1-2H3,(H,28,30,31). The van der Waals surface area contributed by atoms with Crippen LogP contribution in [0.2, 0.25) is 5.02 Å². The van der Waals surface area contributed by atoms with Crippen molar-refractivity contribution >= 4 is 29.1 Å². The Morgan fingerprint density at radius 1 is 1.17 bits per heavy atom. The molecule has 0 spiro atoms. The number of hydrogen-bond donors (Lipinski definition) is 1. The number of fused-ring (bicyclic) bond motifs is 3. The Bertz CT molecular complexity index is 1450. The van der Waals surface area contributed by atoms with Gasteiger partial charge in [0.05, 0.1) is 35.0 Å². The van der Waals surface area contributed by atoms with E-state index >= 15 is 0 Å². The molecule has 0 radical (unpaired) electrons. The number of halogens is 1. The van der Waals surface area contributed by atoms with E-state index in [1.807, 2.05) is 58.0 Å². The number of rotatable bonds is 4. The molecule has 4 aromatic rings. The molecule has 3 aromatic heterocycles. The average molecular weight is 503 g/mol. The highest BCUT2D eigenvalue weighted by Crippen LogP contribution is 2.40. The van der Waals surface area contributed by atoms with E-state index in [-0.39, 0.29) is 11.9 Å². The number of nitrogens with one attached hydrogen (secondary N) is 1. The topological polar surface area (TPSA) is 93.8 Å². The normalized spacial score (nSPS) is 15.5. The number of piperidine rings is 1. The molecular formula is C26H27ClN8O. The summed E-state index contributed by atoms with van der Waals surface area (Å²) < 4.78 is 3.90. The van der Waals surface area contributed by atoms with E-state index in [9.17, 15) is 4.79 Å². The lowest BCUT2D eigenvalue weighted by molar-refractivity contribution is -0.130. The molecule has 0 unspecified atom stereocenters. The molecule has 0 saturated carbocycles. The van der Waals surface area contributed by atoms with E-state index in [0.29, 0.717) is 11.0 Å². The molecule has 36 heavy (non-hydrogen) atoms. The SMILES string of the molecule is CC(=O)N1CCC(n2cc(Nc3ncc4c(n3)-c3c(nn(C)c3-c3cccc(Cl)c3)CC4)cn2)CC1. The predicted octanol–water partition coefficient (Wildman–Crippen LogP) is 4.42. The molecule has 1 aromatic carbocycles. The van der Waals surface area contributed by atoms with Crippen molar-refractivity contribution in [3.63, 3.8) is 0 Å². The Balaban J connectivity index is 1.27. The van der Waals surface area contributed by atoms with Gasteiger partial charge < -0.3 is 10.2 Å². The minimum Gasteiger partial charge on any atom is -0.343 e. The lowest BCUT2D eigenvalue weighted by Gasteiger charge is -2.31. The first-order valence-electron chi connectivity index (χ1n) is 12.2. The summed E-state index contributed by atoms with van der Waals surface area (Å²) >= 11 is 6.30. The molecule has 184 valence electrons. The van der Waals surface area contributed by atoms with Gasteiger partial charge in [0.1, 0.15) is 0 Å². The Morgan fingerprint density at radius 2 is 2.00 bits per heavy atom. The maximum atomic E-state index is 11.6. The van der Waals surface area contributed by atoms with Crippen molar-refractivity contribution in [2.24, 2.45) is 7.05 Å². The number of carbonyl (C=O) groups excluding carboxylic acids is 1. The zero-order valence-electron chi connectivity index (χ0n) is 20.3. The van der Waals surface area contributed by atoms with Crippen LogP contribution in [0.3, 0.4) is 0 Å². The van der Waals surface area contributed by atoms with Crippen molar-refractivity contribution < 1.29 is 4.79 Å². The minimum absolute atomic E-state index is 0.135. The molecule has 1 N–H and O–H groups in total. The zero-order chi connectivity index (χ0) is 24.8. The average Bonchev–Trinajstić information content (AvgIpc) is 3.48. The maximum Gasteiger partial charge on any atom is 0.227 e. The van der Waals surface area contributed by atoms with Crippen molar-refractivity contribution in [1.82, 2.24) is 34.4 Å². The van der Waals surface area contributed by atoms with E-state index in [2.05, 4.69) is 15.4 Å². The summed E-state index contributed by atoms with van der Waals surface area (Å²) in [6, 6.07) is 8.11. The molecule has 4 heterocycles. The monoisotopic (exact) mass is 502 g/mol. The molecule has 9 nitrogen and oxygen atoms in total. The number of aromatic nitrogens is 6. The third kappa shape index (κ3) is 4.13. The van der Waals surface area contributed by atoms with Crippen LogP contribution < -0.4 is 5.32 Å². The van der Waals surface area contributed by atoms with Crippen LogP contribution in [0, 0.1) is 0 Å². The number of nitrogens with zero attached hydrogens (tertiary/aromatic N) is 7. The fraction of sp³-hybridized carbons (Fsp3) is 0.346. The number of amides is 1. The van der Waals surface area contributed by atoms with Crippen molar-refractivity contribution in [1.29, 1.82) is 0 Å². The van der Waals surface area contributed by atoms with Gasteiger partial charge in [0.25, 0.3) is 0 Å². The molecule has 1 aliphatic heterocycles. The summed E-state index contributed by atoms with van der Waals surface area (Å²) in [6.07, 6.45) is 9.19. The van der Waals surface area contributed by atoms with Gasteiger partial charge in [0.2, 0.25) is 11.9 Å². The summed E-state index contributed by atoms with van der Waals surface area (Å²) in [5.74, 6) is 0.657. The van der Waals surface area contributed by atoms with E-state index in [1.54, 1.807) is 13.1 Å². The third-order valence-corrected chi connectivity index (χ3v) is 7.33. The Morgan fingerprint density at radius 3 is 2.78 bits per heavy atom. The first kappa shape index (κ1) is 22.7. The number of aryl methyl sites for hydroxylation is 3. The largest absolute Gasteiger partial charge is 0.343 e. The minimum atomic E-state index is 0.135. The van der Waals surface area contributed by atoms with E-state index in [4.69, 9.17) is 21.7 Å². The lowest BCUT2D eigenvalue weighted by atomic mass is 9.91. The van der Waals surface area contributed by atoms with Gasteiger partial charge >= 0.3 is 0 Å². The number of anilines is 2. The molecule has 1 fully saturated rings. The second-order valence-electron chi connectivity index (χ2n) is 9.44.